The Balaban J connectivity index is 1.48. The molecule has 4 rings (SSSR count). The number of ketones is 1. The fraction of sp³-hybridized carbons (Fsp3) is 0.0909. The van der Waals surface area contributed by atoms with Crippen molar-refractivity contribution in [2.24, 2.45) is 0 Å². The molecule has 26 heavy (non-hydrogen) atoms. The number of hydrogen-bond donors (Lipinski definition) is 1. The second-order valence-electron chi connectivity index (χ2n) is 6.33. The highest BCUT2D eigenvalue weighted by Gasteiger charge is 2.20. The van der Waals surface area contributed by atoms with Gasteiger partial charge in [-0.2, -0.15) is 0 Å². The van der Waals surface area contributed by atoms with Crippen LogP contribution in [0, 0.1) is 0 Å². The summed E-state index contributed by atoms with van der Waals surface area (Å²) in [7, 11) is 0. The first kappa shape index (κ1) is 16.1. The molecule has 128 valence electrons. The summed E-state index contributed by atoms with van der Waals surface area (Å²) in [5.41, 5.74) is 11.8. The number of Topliss-reactive ketones (excluding diaryl/α,β-unsaturated/α-hetero) is 1. The predicted octanol–water partition coefficient (Wildman–Crippen LogP) is 3.88. The summed E-state index contributed by atoms with van der Waals surface area (Å²) < 4.78 is 5.14. The maximum atomic E-state index is 12.4. The molecule has 0 saturated carbocycles. The van der Waals surface area contributed by atoms with E-state index in [-0.39, 0.29) is 12.4 Å². The van der Waals surface area contributed by atoms with E-state index in [1.165, 1.54) is 11.1 Å². The number of rotatable bonds is 4. The topological polar surface area (TPSA) is 69.4 Å². The smallest absolute Gasteiger partial charge is 0.338 e. The van der Waals surface area contributed by atoms with E-state index in [4.69, 9.17) is 10.5 Å². The van der Waals surface area contributed by atoms with Crippen molar-refractivity contribution in [3.63, 3.8) is 0 Å². The van der Waals surface area contributed by atoms with E-state index in [0.29, 0.717) is 16.8 Å². The van der Waals surface area contributed by atoms with E-state index in [0.717, 1.165) is 17.5 Å². The second kappa shape index (κ2) is 6.48. The average Bonchev–Trinajstić information content (AvgIpc) is 3.04. The van der Waals surface area contributed by atoms with Crippen molar-refractivity contribution in [3.05, 3.63) is 89.0 Å². The minimum atomic E-state index is -0.537. The van der Waals surface area contributed by atoms with Crippen LogP contribution in [0.5, 0.6) is 0 Å². The fourth-order valence-electron chi connectivity index (χ4n) is 3.21. The lowest BCUT2D eigenvalue weighted by Gasteiger charge is -2.07. The van der Waals surface area contributed by atoms with Gasteiger partial charge in [-0.15, -0.1) is 0 Å². The molecule has 0 amide bonds. The number of esters is 1. The minimum Gasteiger partial charge on any atom is -0.454 e. The van der Waals surface area contributed by atoms with Crippen LogP contribution in [0.15, 0.2) is 66.7 Å². The number of fused-ring (bicyclic) bond motifs is 3. The maximum absolute atomic E-state index is 12.4. The number of carbonyl (C=O) groups is 2. The highest BCUT2D eigenvalue weighted by molar-refractivity contribution is 6.00. The van der Waals surface area contributed by atoms with Crippen molar-refractivity contribution in [1.29, 1.82) is 0 Å². The molecule has 4 nitrogen and oxygen atoms in total. The van der Waals surface area contributed by atoms with Crippen molar-refractivity contribution in [3.8, 4) is 11.1 Å². The number of ether oxygens (including phenoxy) is 1. The van der Waals surface area contributed by atoms with Gasteiger partial charge >= 0.3 is 5.97 Å². The Hall–Kier alpha value is -3.40. The van der Waals surface area contributed by atoms with E-state index >= 15 is 0 Å². The molecule has 0 heterocycles. The molecule has 4 heteroatoms. The number of anilines is 1. The third kappa shape index (κ3) is 2.97. The van der Waals surface area contributed by atoms with Crippen molar-refractivity contribution < 1.29 is 14.3 Å². The molecule has 0 aliphatic heterocycles. The normalized spacial score (nSPS) is 11.5. The molecule has 0 saturated heterocycles. The third-order valence-electron chi connectivity index (χ3n) is 4.60. The lowest BCUT2D eigenvalue weighted by Crippen LogP contribution is -2.14. The molecule has 0 fully saturated rings. The molecule has 0 atom stereocenters. The molecule has 0 radical (unpaired) electrons. The van der Waals surface area contributed by atoms with Crippen LogP contribution in [0.1, 0.15) is 31.8 Å². The zero-order valence-corrected chi connectivity index (χ0v) is 14.1. The maximum Gasteiger partial charge on any atom is 0.338 e. The van der Waals surface area contributed by atoms with Crippen molar-refractivity contribution in [1.82, 2.24) is 0 Å². The average molecular weight is 343 g/mol. The first-order valence-electron chi connectivity index (χ1n) is 8.39. The van der Waals surface area contributed by atoms with Gasteiger partial charge < -0.3 is 10.5 Å². The molecule has 0 aromatic heterocycles. The van der Waals surface area contributed by atoms with Crippen LogP contribution in [0.4, 0.5) is 5.69 Å². The first-order chi connectivity index (χ1) is 12.6. The van der Waals surface area contributed by atoms with E-state index < -0.39 is 5.97 Å². The summed E-state index contributed by atoms with van der Waals surface area (Å²) in [6.45, 7) is -0.288. The van der Waals surface area contributed by atoms with Crippen LogP contribution in [-0.2, 0) is 11.2 Å². The summed E-state index contributed by atoms with van der Waals surface area (Å²) >= 11 is 0. The van der Waals surface area contributed by atoms with Gasteiger partial charge in [0.05, 0.1) is 5.56 Å². The molecule has 3 aromatic rings. The molecule has 0 bridgehead atoms. The Bertz CT molecular complexity index is 1010. The van der Waals surface area contributed by atoms with Gasteiger partial charge in [0, 0.05) is 11.3 Å². The molecule has 0 spiro atoms. The summed E-state index contributed by atoms with van der Waals surface area (Å²) in [6, 6.07) is 20.2. The van der Waals surface area contributed by atoms with Gasteiger partial charge in [0.15, 0.2) is 12.4 Å². The molecular formula is C22H17NO3. The van der Waals surface area contributed by atoms with Crippen molar-refractivity contribution in [2.45, 2.75) is 6.42 Å². The van der Waals surface area contributed by atoms with Gasteiger partial charge in [0.2, 0.25) is 0 Å². The third-order valence-corrected chi connectivity index (χ3v) is 4.60. The highest BCUT2D eigenvalue weighted by Crippen LogP contribution is 2.36. The fourth-order valence-corrected chi connectivity index (χ4v) is 3.21. The Morgan fingerprint density at radius 3 is 2.35 bits per heavy atom. The molecule has 0 unspecified atom stereocenters. The highest BCUT2D eigenvalue weighted by atomic mass is 16.5. The predicted molar refractivity (Wildman–Crippen MR) is 100 cm³/mol. The molecule has 3 aromatic carbocycles. The Morgan fingerprint density at radius 1 is 0.846 bits per heavy atom. The van der Waals surface area contributed by atoms with Crippen LogP contribution in [-0.4, -0.2) is 18.4 Å². The number of benzene rings is 3. The lowest BCUT2D eigenvalue weighted by molar-refractivity contribution is 0.0475. The number of nitrogen functional groups attached to an aromatic ring is 1. The summed E-state index contributed by atoms with van der Waals surface area (Å²) in [5.74, 6) is -0.758. The van der Waals surface area contributed by atoms with E-state index in [9.17, 15) is 9.59 Å². The van der Waals surface area contributed by atoms with E-state index in [1.54, 1.807) is 30.3 Å². The zero-order valence-electron chi connectivity index (χ0n) is 14.1. The van der Waals surface area contributed by atoms with Gasteiger partial charge in [-0.05, 0) is 59.0 Å². The number of nitrogens with two attached hydrogens (primary N) is 1. The molecule has 1 aliphatic rings. The van der Waals surface area contributed by atoms with E-state index in [1.807, 2.05) is 24.3 Å². The van der Waals surface area contributed by atoms with Crippen LogP contribution in [0.25, 0.3) is 11.1 Å². The summed E-state index contributed by atoms with van der Waals surface area (Å²) in [6.07, 6.45) is 0.881. The quantitative estimate of drug-likeness (QED) is 0.347. The van der Waals surface area contributed by atoms with Gasteiger partial charge in [-0.1, -0.05) is 36.4 Å². The summed E-state index contributed by atoms with van der Waals surface area (Å²) in [4.78, 5) is 24.5. The van der Waals surface area contributed by atoms with Crippen LogP contribution in [0.3, 0.4) is 0 Å². The van der Waals surface area contributed by atoms with Gasteiger partial charge in [0.25, 0.3) is 0 Å². The van der Waals surface area contributed by atoms with Crippen molar-refractivity contribution in [2.75, 3.05) is 12.3 Å². The van der Waals surface area contributed by atoms with Gasteiger partial charge in [-0.3, -0.25) is 4.79 Å². The Labute approximate surface area is 151 Å². The number of carbonyl (C=O) groups excluding carboxylic acids is 2. The van der Waals surface area contributed by atoms with Crippen LogP contribution in [0.2, 0.25) is 0 Å². The lowest BCUT2D eigenvalue weighted by atomic mass is 10.0. The van der Waals surface area contributed by atoms with Crippen LogP contribution >= 0.6 is 0 Å². The van der Waals surface area contributed by atoms with Crippen LogP contribution < -0.4 is 5.73 Å². The van der Waals surface area contributed by atoms with Gasteiger partial charge in [0.1, 0.15) is 0 Å². The van der Waals surface area contributed by atoms with E-state index in [2.05, 4.69) is 12.1 Å². The van der Waals surface area contributed by atoms with Gasteiger partial charge in [-0.25, -0.2) is 4.79 Å². The second-order valence-corrected chi connectivity index (χ2v) is 6.33. The Kier molecular flexibility index (Phi) is 4.01. The summed E-state index contributed by atoms with van der Waals surface area (Å²) in [5, 5.41) is 0. The SMILES string of the molecule is Nc1ccc(C(=O)OCC(=O)c2ccc3c(c2)-c2ccccc2C3)cc1. The molecule has 2 N–H and O–H groups in total. The molecular weight excluding hydrogens is 326 g/mol. The zero-order chi connectivity index (χ0) is 18.1. The molecule has 1 aliphatic carbocycles. The van der Waals surface area contributed by atoms with Crippen molar-refractivity contribution >= 4 is 17.4 Å². The largest absolute Gasteiger partial charge is 0.454 e. The monoisotopic (exact) mass is 343 g/mol. The number of hydrogen-bond acceptors (Lipinski definition) is 4. The first-order valence-corrected chi connectivity index (χ1v) is 8.39. The standard InChI is InChI=1S/C22H17NO3/c23-18-9-7-14(8-10-18)22(25)26-13-21(24)17-6-5-16-11-15-3-1-2-4-19(15)20(16)12-17/h1-10,12H,11,13,23H2. The Morgan fingerprint density at radius 2 is 1.54 bits per heavy atom. The minimum absolute atomic E-state index is 0.221.